The zero-order valence-electron chi connectivity index (χ0n) is 19.4. The molecule has 1 fully saturated rings. The second-order valence-electron chi connectivity index (χ2n) is 9.18. The number of hydrogen-bond donors (Lipinski definition) is 1. The highest BCUT2D eigenvalue weighted by atomic mass is 16.5. The number of unbranched alkanes of at least 4 members (excludes halogenated alkanes) is 1. The van der Waals surface area contributed by atoms with Crippen LogP contribution in [0.3, 0.4) is 0 Å². The van der Waals surface area contributed by atoms with Crippen molar-refractivity contribution in [3.8, 4) is 5.75 Å². The van der Waals surface area contributed by atoms with Crippen molar-refractivity contribution >= 4 is 22.4 Å². The molecule has 3 aromatic rings. The van der Waals surface area contributed by atoms with Crippen molar-refractivity contribution < 1.29 is 9.53 Å². The molecule has 0 spiro atoms. The van der Waals surface area contributed by atoms with Gasteiger partial charge >= 0.3 is 0 Å². The Morgan fingerprint density at radius 1 is 1.03 bits per heavy atom. The quantitative estimate of drug-likeness (QED) is 0.547. The fourth-order valence-corrected chi connectivity index (χ4v) is 5.34. The topological polar surface area (TPSA) is 44.8 Å². The molecule has 2 heterocycles. The Bertz CT molecular complexity index is 1110. The third-order valence-corrected chi connectivity index (χ3v) is 7.10. The standard InChI is InChI=1S/C28H33N3O2/c1-33-26-10-6-9-22-13-14-25-20-30(17-18-31(25)27(22)26)16-5-4-15-29-28(32)24-12-11-21-7-2-3-8-23(21)19-24/h2-3,6-12,19,25H,4-5,13-18,20H2,1H3,(H,29,32)/t25-/m0/s1. The number of carbonyl (C=O) groups excluding carboxylic acids is 1. The summed E-state index contributed by atoms with van der Waals surface area (Å²) in [6.07, 6.45) is 4.44. The first-order valence-corrected chi connectivity index (χ1v) is 12.1. The van der Waals surface area contributed by atoms with E-state index in [9.17, 15) is 4.79 Å². The maximum atomic E-state index is 12.5. The first kappa shape index (κ1) is 21.8. The number of fused-ring (bicyclic) bond motifs is 4. The second-order valence-corrected chi connectivity index (χ2v) is 9.18. The van der Waals surface area contributed by atoms with E-state index in [1.165, 1.54) is 17.7 Å². The predicted molar refractivity (Wildman–Crippen MR) is 134 cm³/mol. The summed E-state index contributed by atoms with van der Waals surface area (Å²) in [5.74, 6) is 1.02. The van der Waals surface area contributed by atoms with E-state index in [0.717, 1.165) is 74.1 Å². The fourth-order valence-electron chi connectivity index (χ4n) is 5.34. The highest BCUT2D eigenvalue weighted by Gasteiger charge is 2.33. The number of nitrogens with zero attached hydrogens (tertiary/aromatic N) is 2. The molecule has 0 bridgehead atoms. The Kier molecular flexibility index (Phi) is 6.49. The van der Waals surface area contributed by atoms with Gasteiger partial charge in [-0.25, -0.2) is 0 Å². The molecule has 33 heavy (non-hydrogen) atoms. The highest BCUT2D eigenvalue weighted by molar-refractivity contribution is 5.98. The maximum Gasteiger partial charge on any atom is 0.251 e. The third kappa shape index (κ3) is 4.69. The number of ether oxygens (including phenoxy) is 1. The van der Waals surface area contributed by atoms with Gasteiger partial charge < -0.3 is 15.0 Å². The molecule has 0 aromatic heterocycles. The molecular weight excluding hydrogens is 410 g/mol. The molecule has 0 unspecified atom stereocenters. The average Bonchev–Trinajstić information content (AvgIpc) is 2.87. The third-order valence-electron chi connectivity index (χ3n) is 7.10. The van der Waals surface area contributed by atoms with Crippen molar-refractivity contribution in [2.24, 2.45) is 0 Å². The molecule has 1 amide bonds. The van der Waals surface area contributed by atoms with Gasteiger partial charge in [-0.2, -0.15) is 0 Å². The number of nitrogens with one attached hydrogen (secondary N) is 1. The van der Waals surface area contributed by atoms with Crippen LogP contribution in [-0.2, 0) is 6.42 Å². The summed E-state index contributed by atoms with van der Waals surface area (Å²) in [5, 5.41) is 5.36. The molecule has 2 aliphatic heterocycles. The van der Waals surface area contributed by atoms with E-state index < -0.39 is 0 Å². The lowest BCUT2D eigenvalue weighted by atomic mass is 9.93. The average molecular weight is 444 g/mol. The number of carbonyl (C=O) groups is 1. The molecular formula is C28H33N3O2. The molecule has 2 aliphatic rings. The lowest BCUT2D eigenvalue weighted by Gasteiger charge is -2.46. The number of aryl methyl sites for hydroxylation is 1. The molecule has 172 valence electrons. The lowest BCUT2D eigenvalue weighted by Crippen LogP contribution is -2.55. The van der Waals surface area contributed by atoms with Gasteiger partial charge in [-0.15, -0.1) is 0 Å². The monoisotopic (exact) mass is 443 g/mol. The van der Waals surface area contributed by atoms with Gasteiger partial charge in [0, 0.05) is 37.8 Å². The molecule has 0 aliphatic carbocycles. The summed E-state index contributed by atoms with van der Waals surface area (Å²) in [6, 6.07) is 21.0. The summed E-state index contributed by atoms with van der Waals surface area (Å²) in [5.41, 5.74) is 3.46. The molecule has 3 aromatic carbocycles. The van der Waals surface area contributed by atoms with E-state index in [-0.39, 0.29) is 5.91 Å². The zero-order valence-corrected chi connectivity index (χ0v) is 19.4. The summed E-state index contributed by atoms with van der Waals surface area (Å²) in [7, 11) is 1.77. The Hall–Kier alpha value is -3.05. The van der Waals surface area contributed by atoms with Crippen LogP contribution in [0.5, 0.6) is 5.75 Å². The van der Waals surface area contributed by atoms with Crippen LogP contribution in [0.4, 0.5) is 5.69 Å². The van der Waals surface area contributed by atoms with E-state index >= 15 is 0 Å². The van der Waals surface area contributed by atoms with E-state index in [2.05, 4.69) is 39.4 Å². The van der Waals surface area contributed by atoms with Crippen LogP contribution in [0.2, 0.25) is 0 Å². The number of rotatable bonds is 7. The molecule has 0 radical (unpaired) electrons. The molecule has 1 atom stereocenters. The van der Waals surface area contributed by atoms with Crippen LogP contribution in [-0.4, -0.2) is 56.7 Å². The van der Waals surface area contributed by atoms with Gasteiger partial charge in [0.2, 0.25) is 0 Å². The molecule has 1 saturated heterocycles. The summed E-state index contributed by atoms with van der Waals surface area (Å²) in [6.45, 7) is 5.06. The minimum atomic E-state index is 0.0178. The maximum absolute atomic E-state index is 12.5. The largest absolute Gasteiger partial charge is 0.495 e. The summed E-state index contributed by atoms with van der Waals surface area (Å²) in [4.78, 5) is 17.7. The van der Waals surface area contributed by atoms with Crippen molar-refractivity contribution in [2.45, 2.75) is 31.7 Å². The van der Waals surface area contributed by atoms with Gasteiger partial charge in [0.15, 0.2) is 0 Å². The van der Waals surface area contributed by atoms with Crippen molar-refractivity contribution in [3.05, 3.63) is 71.8 Å². The van der Waals surface area contributed by atoms with Crippen LogP contribution in [0.1, 0.15) is 35.2 Å². The number of anilines is 1. The molecule has 5 rings (SSSR count). The first-order valence-electron chi connectivity index (χ1n) is 12.1. The predicted octanol–water partition coefficient (Wildman–Crippen LogP) is 4.50. The van der Waals surface area contributed by atoms with Crippen LogP contribution >= 0.6 is 0 Å². The molecule has 1 N–H and O–H groups in total. The smallest absolute Gasteiger partial charge is 0.251 e. The zero-order chi connectivity index (χ0) is 22.6. The number of amides is 1. The van der Waals surface area contributed by atoms with Gasteiger partial charge in [-0.1, -0.05) is 42.5 Å². The Morgan fingerprint density at radius 2 is 1.91 bits per heavy atom. The SMILES string of the molecule is COc1cccc2c1N1CCN(CCCCNC(=O)c3ccc4ccccc4c3)C[C@@H]1CC2. The van der Waals surface area contributed by atoms with Gasteiger partial charge in [0.25, 0.3) is 5.91 Å². The summed E-state index contributed by atoms with van der Waals surface area (Å²) < 4.78 is 5.66. The van der Waals surface area contributed by atoms with Crippen LogP contribution in [0, 0.1) is 0 Å². The summed E-state index contributed by atoms with van der Waals surface area (Å²) >= 11 is 0. The molecule has 0 saturated carbocycles. The van der Waals surface area contributed by atoms with Crippen molar-refractivity contribution in [3.63, 3.8) is 0 Å². The van der Waals surface area contributed by atoms with Crippen molar-refractivity contribution in [1.29, 1.82) is 0 Å². The number of para-hydroxylation sites is 1. The highest BCUT2D eigenvalue weighted by Crippen LogP contribution is 2.39. The Labute approximate surface area is 196 Å². The normalized spacial score (nSPS) is 18.0. The Morgan fingerprint density at radius 3 is 2.79 bits per heavy atom. The number of hydrogen-bond acceptors (Lipinski definition) is 4. The lowest BCUT2D eigenvalue weighted by molar-refractivity contribution is 0.0952. The molecule has 5 heteroatoms. The van der Waals surface area contributed by atoms with Gasteiger partial charge in [0.1, 0.15) is 5.75 Å². The van der Waals surface area contributed by atoms with Crippen molar-refractivity contribution in [1.82, 2.24) is 10.2 Å². The first-order chi connectivity index (χ1) is 16.2. The molecule has 5 nitrogen and oxygen atoms in total. The van der Waals surface area contributed by atoms with Gasteiger partial charge in [-0.3, -0.25) is 9.69 Å². The van der Waals surface area contributed by atoms with Crippen LogP contribution < -0.4 is 15.0 Å². The van der Waals surface area contributed by atoms with Gasteiger partial charge in [-0.05, 0) is 66.8 Å². The minimum Gasteiger partial charge on any atom is -0.495 e. The Balaban J connectivity index is 1.07. The minimum absolute atomic E-state index is 0.0178. The fraction of sp³-hybridized carbons (Fsp3) is 0.393. The van der Waals surface area contributed by atoms with Gasteiger partial charge in [0.05, 0.1) is 12.8 Å². The van der Waals surface area contributed by atoms with Crippen molar-refractivity contribution in [2.75, 3.05) is 44.7 Å². The van der Waals surface area contributed by atoms with Crippen LogP contribution in [0.15, 0.2) is 60.7 Å². The van der Waals surface area contributed by atoms with E-state index in [0.29, 0.717) is 6.04 Å². The number of methoxy groups -OCH3 is 1. The number of benzene rings is 3. The van der Waals surface area contributed by atoms with E-state index in [1.54, 1.807) is 7.11 Å². The second kappa shape index (κ2) is 9.84. The number of piperazine rings is 1. The van der Waals surface area contributed by atoms with E-state index in [4.69, 9.17) is 4.74 Å². The van der Waals surface area contributed by atoms with Crippen LogP contribution in [0.25, 0.3) is 10.8 Å². The van der Waals surface area contributed by atoms with E-state index in [1.807, 2.05) is 36.4 Å².